The number of rotatable bonds is 10. The van der Waals surface area contributed by atoms with Crippen LogP contribution in [0.3, 0.4) is 0 Å². The van der Waals surface area contributed by atoms with Gasteiger partial charge in [0, 0.05) is 0 Å². The highest BCUT2D eigenvalue weighted by Crippen LogP contribution is 2.51. The van der Waals surface area contributed by atoms with E-state index in [2.05, 4.69) is 31.2 Å². The predicted octanol–water partition coefficient (Wildman–Crippen LogP) is 11.0. The molecular weight excluding hydrogens is 498 g/mol. The highest BCUT2D eigenvalue weighted by atomic mass is 19.2. The van der Waals surface area contributed by atoms with Gasteiger partial charge in [-0.05, 0) is 129 Å². The van der Waals surface area contributed by atoms with Gasteiger partial charge in [-0.2, -0.15) is 4.39 Å². The molecule has 0 radical (unpaired) electrons. The summed E-state index contributed by atoms with van der Waals surface area (Å²) in [7, 11) is 0. The van der Waals surface area contributed by atoms with Crippen LogP contribution in [0.1, 0.15) is 120 Å². The second-order valence-electron chi connectivity index (χ2n) is 13.2. The van der Waals surface area contributed by atoms with Gasteiger partial charge in [0.25, 0.3) is 0 Å². The molecule has 0 saturated heterocycles. The predicted molar refractivity (Wildman–Crippen MR) is 162 cm³/mol. The Morgan fingerprint density at radius 2 is 1.45 bits per heavy atom. The van der Waals surface area contributed by atoms with Crippen molar-refractivity contribution in [3.8, 4) is 5.75 Å². The van der Waals surface area contributed by atoms with Crippen molar-refractivity contribution < 1.29 is 13.5 Å². The van der Waals surface area contributed by atoms with E-state index in [1.54, 1.807) is 12.1 Å². The van der Waals surface area contributed by atoms with E-state index in [9.17, 15) is 8.78 Å². The van der Waals surface area contributed by atoms with Gasteiger partial charge in [-0.15, -0.1) is 0 Å². The van der Waals surface area contributed by atoms with Crippen molar-refractivity contribution in [1.29, 1.82) is 0 Å². The molecule has 3 saturated carbocycles. The van der Waals surface area contributed by atoms with E-state index < -0.39 is 11.6 Å². The van der Waals surface area contributed by atoms with Gasteiger partial charge in [0.15, 0.2) is 11.6 Å². The molecule has 2 aromatic carbocycles. The number of hydrogen-bond donors (Lipinski definition) is 0. The first-order valence-corrected chi connectivity index (χ1v) is 16.3. The molecule has 4 unspecified atom stereocenters. The molecule has 2 aromatic rings. The number of allylic oxidation sites excluding steroid dienone is 2. The monoisotopic (exact) mass is 548 g/mol. The van der Waals surface area contributed by atoms with Crippen LogP contribution < -0.4 is 4.74 Å². The minimum Gasteiger partial charge on any atom is -0.486 e. The topological polar surface area (TPSA) is 9.23 Å². The first-order valence-electron chi connectivity index (χ1n) is 16.3. The van der Waals surface area contributed by atoms with Gasteiger partial charge in [0.1, 0.15) is 6.61 Å². The van der Waals surface area contributed by atoms with E-state index in [1.165, 1.54) is 82.6 Å². The Hall–Kier alpha value is -2.16. The largest absolute Gasteiger partial charge is 0.486 e. The van der Waals surface area contributed by atoms with E-state index >= 15 is 0 Å². The Balaban J connectivity index is 1.09. The Bertz CT molecular complexity index is 1100. The van der Waals surface area contributed by atoms with Crippen molar-refractivity contribution in [3.63, 3.8) is 0 Å². The molecule has 0 amide bonds. The van der Waals surface area contributed by atoms with Crippen LogP contribution in [0.5, 0.6) is 5.75 Å². The van der Waals surface area contributed by atoms with Crippen LogP contribution in [0.4, 0.5) is 8.78 Å². The van der Waals surface area contributed by atoms with E-state index in [4.69, 9.17) is 4.74 Å². The summed E-state index contributed by atoms with van der Waals surface area (Å²) in [6.45, 7) is 4.51. The highest BCUT2D eigenvalue weighted by molar-refractivity contribution is 5.32. The van der Waals surface area contributed by atoms with Gasteiger partial charge in [-0.3, -0.25) is 0 Å². The van der Waals surface area contributed by atoms with E-state index in [0.29, 0.717) is 24.3 Å². The molecule has 218 valence electrons. The molecule has 0 aromatic heterocycles. The van der Waals surface area contributed by atoms with Crippen molar-refractivity contribution in [3.05, 3.63) is 76.9 Å². The standard InChI is InChI=1S/C37H50F2O/c1-3-5-6-8-30-21-22-35(37(39)36(30)38)40-25-27-11-15-29(16-12-27)32-18-20-33-23-31(17-19-34(33)24-32)28-13-9-26(7-4-2)10-14-28/h3,5,11-12,15-16,21-22,26,28,31-34H,4,6-10,13-14,17-20,23-25H2,1-2H3/b5-3+. The smallest absolute Gasteiger partial charge is 0.200 e. The summed E-state index contributed by atoms with van der Waals surface area (Å²) >= 11 is 0. The van der Waals surface area contributed by atoms with E-state index in [0.717, 1.165) is 35.2 Å². The third kappa shape index (κ3) is 7.18. The molecule has 5 rings (SSSR count). The molecule has 3 aliphatic rings. The van der Waals surface area contributed by atoms with Crippen LogP contribution in [0.25, 0.3) is 0 Å². The highest BCUT2D eigenvalue weighted by Gasteiger charge is 2.39. The summed E-state index contributed by atoms with van der Waals surface area (Å²) in [6.07, 6.45) is 22.2. The minimum absolute atomic E-state index is 0.0145. The van der Waals surface area contributed by atoms with Gasteiger partial charge in [0.05, 0.1) is 0 Å². The van der Waals surface area contributed by atoms with Crippen molar-refractivity contribution in [2.75, 3.05) is 0 Å². The second kappa shape index (κ2) is 14.1. The number of aryl methyl sites for hydroxylation is 1. The maximum Gasteiger partial charge on any atom is 0.200 e. The Kier molecular flexibility index (Phi) is 10.4. The van der Waals surface area contributed by atoms with Gasteiger partial charge in [-0.1, -0.05) is 75.1 Å². The molecule has 0 bridgehead atoms. The van der Waals surface area contributed by atoms with Crippen LogP contribution in [-0.4, -0.2) is 0 Å². The lowest BCUT2D eigenvalue weighted by atomic mass is 9.60. The third-order valence-corrected chi connectivity index (χ3v) is 10.7. The zero-order valence-corrected chi connectivity index (χ0v) is 24.9. The summed E-state index contributed by atoms with van der Waals surface area (Å²) in [5.41, 5.74) is 2.81. The lowest BCUT2D eigenvalue weighted by Crippen LogP contribution is -2.34. The Morgan fingerprint density at radius 1 is 0.775 bits per heavy atom. The lowest BCUT2D eigenvalue weighted by molar-refractivity contribution is 0.0712. The number of halogens is 2. The molecule has 0 heterocycles. The average molecular weight is 549 g/mol. The zero-order valence-electron chi connectivity index (χ0n) is 24.9. The maximum atomic E-state index is 14.6. The van der Waals surface area contributed by atoms with Crippen LogP contribution in [0.15, 0.2) is 48.6 Å². The fraction of sp³-hybridized carbons (Fsp3) is 0.622. The molecular formula is C37H50F2O. The van der Waals surface area contributed by atoms with Crippen molar-refractivity contribution in [1.82, 2.24) is 0 Å². The number of benzene rings is 2. The fourth-order valence-electron chi connectivity index (χ4n) is 8.34. The van der Waals surface area contributed by atoms with Gasteiger partial charge in [-0.25, -0.2) is 4.39 Å². The van der Waals surface area contributed by atoms with E-state index in [1.807, 2.05) is 19.1 Å². The average Bonchev–Trinajstić information content (AvgIpc) is 2.99. The minimum atomic E-state index is -0.884. The molecule has 3 aliphatic carbocycles. The van der Waals surface area contributed by atoms with Crippen molar-refractivity contribution in [2.45, 2.75) is 116 Å². The number of ether oxygens (including phenoxy) is 1. The Labute approximate surface area is 241 Å². The Morgan fingerprint density at radius 3 is 2.17 bits per heavy atom. The first kappa shape index (κ1) is 29.3. The van der Waals surface area contributed by atoms with Gasteiger partial charge >= 0.3 is 0 Å². The number of hydrogen-bond acceptors (Lipinski definition) is 1. The summed E-state index contributed by atoms with van der Waals surface area (Å²) in [5, 5.41) is 0. The molecule has 4 atom stereocenters. The van der Waals surface area contributed by atoms with Crippen LogP contribution in [0, 0.1) is 41.2 Å². The number of fused-ring (bicyclic) bond motifs is 1. The summed E-state index contributed by atoms with van der Waals surface area (Å²) in [5.74, 6) is 3.82. The third-order valence-electron chi connectivity index (χ3n) is 10.7. The molecule has 1 nitrogen and oxygen atoms in total. The van der Waals surface area contributed by atoms with Crippen molar-refractivity contribution >= 4 is 0 Å². The van der Waals surface area contributed by atoms with Crippen LogP contribution in [-0.2, 0) is 13.0 Å². The summed E-state index contributed by atoms with van der Waals surface area (Å²) in [4.78, 5) is 0. The molecule has 3 fully saturated rings. The summed E-state index contributed by atoms with van der Waals surface area (Å²) in [6, 6.07) is 11.9. The molecule has 0 aliphatic heterocycles. The SMILES string of the molecule is C/C=C/CCc1ccc(OCc2ccc(C3CCC4CC(C5CCC(CCC)CC5)CCC4C3)cc2)c(F)c1F. The quantitative estimate of drug-likeness (QED) is 0.268. The second-order valence-corrected chi connectivity index (χ2v) is 13.2. The zero-order chi connectivity index (χ0) is 27.9. The van der Waals surface area contributed by atoms with Crippen molar-refractivity contribution in [2.24, 2.45) is 29.6 Å². The molecule has 40 heavy (non-hydrogen) atoms. The van der Waals surface area contributed by atoms with E-state index in [-0.39, 0.29) is 12.4 Å². The van der Waals surface area contributed by atoms with Gasteiger partial charge < -0.3 is 4.74 Å². The molecule has 0 N–H and O–H groups in total. The summed E-state index contributed by atoms with van der Waals surface area (Å²) < 4.78 is 34.7. The maximum absolute atomic E-state index is 14.6. The van der Waals surface area contributed by atoms with Crippen LogP contribution in [0.2, 0.25) is 0 Å². The molecule has 0 spiro atoms. The van der Waals surface area contributed by atoms with Crippen LogP contribution >= 0.6 is 0 Å². The first-order chi connectivity index (χ1) is 19.6. The molecule has 3 heteroatoms. The normalized spacial score (nSPS) is 28.9. The lowest BCUT2D eigenvalue weighted by Gasteiger charge is -2.45. The van der Waals surface area contributed by atoms with Gasteiger partial charge in [0.2, 0.25) is 5.82 Å². The fourth-order valence-corrected chi connectivity index (χ4v) is 8.34.